The Bertz CT molecular complexity index is 490. The molecule has 1 aliphatic rings. The molecule has 1 aromatic rings. The average Bonchev–Trinajstić information content (AvgIpc) is 2.48. The van der Waals surface area contributed by atoms with Gasteiger partial charge >= 0.3 is 5.69 Å². The molecule has 2 atom stereocenters. The fraction of sp³-hybridized carbons (Fsp3) is 0.625. The maximum absolute atomic E-state index is 11.0. The highest BCUT2D eigenvalue weighted by molar-refractivity contribution is 5.58. The number of nitrogens with zero attached hydrogens (tertiary/aromatic N) is 1. The first-order chi connectivity index (χ1) is 10.2. The molecule has 1 saturated carbocycles. The average molecular weight is 292 g/mol. The van der Waals surface area contributed by atoms with Gasteiger partial charge in [0.25, 0.3) is 0 Å². The van der Waals surface area contributed by atoms with Crippen molar-refractivity contribution in [3.8, 4) is 5.75 Å². The van der Waals surface area contributed by atoms with E-state index in [0.29, 0.717) is 24.3 Å². The summed E-state index contributed by atoms with van der Waals surface area (Å²) in [6.07, 6.45) is 6.16. The van der Waals surface area contributed by atoms with Crippen LogP contribution in [0.15, 0.2) is 18.2 Å². The highest BCUT2D eigenvalue weighted by Gasteiger charge is 2.24. The largest absolute Gasteiger partial charge is 0.487 e. The molecule has 0 saturated heterocycles. The van der Waals surface area contributed by atoms with Gasteiger partial charge in [-0.1, -0.05) is 26.2 Å². The third-order valence-electron chi connectivity index (χ3n) is 4.24. The molecule has 2 unspecified atom stereocenters. The first-order valence-corrected chi connectivity index (χ1v) is 7.83. The molecule has 0 spiro atoms. The summed E-state index contributed by atoms with van der Waals surface area (Å²) in [5.41, 5.74) is 0.937. The van der Waals surface area contributed by atoms with Gasteiger partial charge in [0.1, 0.15) is 0 Å². The lowest BCUT2D eigenvalue weighted by Crippen LogP contribution is -2.31. The Morgan fingerprint density at radius 1 is 1.33 bits per heavy atom. The molecule has 1 aliphatic carbocycles. The quantitative estimate of drug-likeness (QED) is 0.624. The summed E-state index contributed by atoms with van der Waals surface area (Å²) < 4.78 is 5.40. The van der Waals surface area contributed by atoms with E-state index in [1.54, 1.807) is 12.1 Å². The Morgan fingerprint density at radius 2 is 2.10 bits per heavy atom. The Morgan fingerprint density at radius 3 is 2.76 bits per heavy atom. The third kappa shape index (κ3) is 3.86. The second kappa shape index (κ2) is 7.29. The van der Waals surface area contributed by atoms with E-state index in [1.165, 1.54) is 38.2 Å². The van der Waals surface area contributed by atoms with Crippen molar-refractivity contribution >= 4 is 11.4 Å². The summed E-state index contributed by atoms with van der Waals surface area (Å²) in [4.78, 5) is 10.6. The van der Waals surface area contributed by atoms with Crippen LogP contribution in [0.1, 0.15) is 46.0 Å². The Hall–Kier alpha value is -1.78. The Kier molecular flexibility index (Phi) is 5.42. The Labute approximate surface area is 125 Å². The van der Waals surface area contributed by atoms with Crippen LogP contribution in [0.4, 0.5) is 11.4 Å². The zero-order chi connectivity index (χ0) is 15.2. The monoisotopic (exact) mass is 292 g/mol. The molecule has 0 bridgehead atoms. The smallest absolute Gasteiger partial charge is 0.311 e. The molecule has 0 aliphatic heterocycles. The molecule has 0 aromatic heterocycles. The van der Waals surface area contributed by atoms with Crippen molar-refractivity contribution in [2.45, 2.75) is 52.0 Å². The van der Waals surface area contributed by atoms with Crippen LogP contribution >= 0.6 is 0 Å². The summed E-state index contributed by atoms with van der Waals surface area (Å²) in [5.74, 6) is 1.03. The summed E-state index contributed by atoms with van der Waals surface area (Å²) in [6, 6.07) is 5.52. The van der Waals surface area contributed by atoms with Crippen molar-refractivity contribution in [2.24, 2.45) is 5.92 Å². The van der Waals surface area contributed by atoms with Crippen LogP contribution in [-0.4, -0.2) is 17.6 Å². The lowest BCUT2D eigenvalue weighted by atomic mass is 9.83. The zero-order valence-electron chi connectivity index (χ0n) is 12.8. The van der Waals surface area contributed by atoms with E-state index in [0.717, 1.165) is 5.69 Å². The zero-order valence-corrected chi connectivity index (χ0v) is 12.8. The maximum atomic E-state index is 11.0. The summed E-state index contributed by atoms with van der Waals surface area (Å²) >= 11 is 0. The van der Waals surface area contributed by atoms with Gasteiger partial charge in [0.05, 0.1) is 11.5 Å². The van der Waals surface area contributed by atoms with Crippen LogP contribution in [0.3, 0.4) is 0 Å². The minimum atomic E-state index is -0.399. The summed E-state index contributed by atoms with van der Waals surface area (Å²) in [7, 11) is 0. The van der Waals surface area contributed by atoms with E-state index in [4.69, 9.17) is 4.74 Å². The number of nitro groups is 1. The number of nitro benzene ring substituents is 1. The molecule has 116 valence electrons. The predicted molar refractivity (Wildman–Crippen MR) is 83.9 cm³/mol. The van der Waals surface area contributed by atoms with Gasteiger partial charge in [0.2, 0.25) is 0 Å². The summed E-state index contributed by atoms with van der Waals surface area (Å²) in [5, 5.41) is 14.5. The van der Waals surface area contributed by atoms with Crippen molar-refractivity contribution in [3.05, 3.63) is 28.3 Å². The second-order valence-corrected chi connectivity index (χ2v) is 5.58. The number of anilines is 1. The van der Waals surface area contributed by atoms with Crippen LogP contribution < -0.4 is 10.1 Å². The maximum Gasteiger partial charge on any atom is 0.311 e. The van der Waals surface area contributed by atoms with Crippen molar-refractivity contribution < 1.29 is 9.66 Å². The van der Waals surface area contributed by atoms with E-state index in [1.807, 2.05) is 6.92 Å². The third-order valence-corrected chi connectivity index (χ3v) is 4.24. The molecule has 5 heteroatoms. The van der Waals surface area contributed by atoms with E-state index in [9.17, 15) is 10.1 Å². The van der Waals surface area contributed by atoms with Gasteiger partial charge in [-0.2, -0.15) is 0 Å². The van der Waals surface area contributed by atoms with Gasteiger partial charge in [-0.3, -0.25) is 10.1 Å². The number of benzene rings is 1. The van der Waals surface area contributed by atoms with E-state index >= 15 is 0 Å². The molecule has 0 heterocycles. The number of ether oxygens (including phenoxy) is 1. The molecule has 1 aromatic carbocycles. The molecule has 1 fully saturated rings. The highest BCUT2D eigenvalue weighted by atomic mass is 16.6. The fourth-order valence-electron chi connectivity index (χ4n) is 3.13. The van der Waals surface area contributed by atoms with Gasteiger partial charge in [0, 0.05) is 23.9 Å². The van der Waals surface area contributed by atoms with Gasteiger partial charge < -0.3 is 10.1 Å². The van der Waals surface area contributed by atoms with Crippen LogP contribution in [0, 0.1) is 16.0 Å². The van der Waals surface area contributed by atoms with Gasteiger partial charge in [0.15, 0.2) is 5.75 Å². The van der Waals surface area contributed by atoms with Gasteiger partial charge in [-0.05, 0) is 31.7 Å². The van der Waals surface area contributed by atoms with E-state index in [-0.39, 0.29) is 5.69 Å². The molecule has 0 radical (unpaired) electrons. The minimum Gasteiger partial charge on any atom is -0.487 e. The number of hydrogen-bond acceptors (Lipinski definition) is 4. The standard InChI is InChI=1S/C16H24N2O3/c1-3-12-7-5-6-8-14(12)17-13-9-10-15(18(19)20)16(11-13)21-4-2/h9-12,14,17H,3-8H2,1-2H3. The van der Waals surface area contributed by atoms with Crippen LogP contribution in [0.2, 0.25) is 0 Å². The van der Waals surface area contributed by atoms with Crippen LogP contribution in [0.25, 0.3) is 0 Å². The second-order valence-electron chi connectivity index (χ2n) is 5.58. The fourth-order valence-corrected chi connectivity index (χ4v) is 3.13. The number of hydrogen-bond donors (Lipinski definition) is 1. The molecule has 21 heavy (non-hydrogen) atoms. The topological polar surface area (TPSA) is 64.4 Å². The SMILES string of the molecule is CCOc1cc(NC2CCCCC2CC)ccc1[N+](=O)[O-]. The molecular weight excluding hydrogens is 268 g/mol. The first-order valence-electron chi connectivity index (χ1n) is 7.83. The van der Waals surface area contributed by atoms with E-state index in [2.05, 4.69) is 12.2 Å². The first kappa shape index (κ1) is 15.6. The van der Waals surface area contributed by atoms with Crippen LogP contribution in [0.5, 0.6) is 5.75 Å². The van der Waals surface area contributed by atoms with Crippen LogP contribution in [-0.2, 0) is 0 Å². The van der Waals surface area contributed by atoms with Gasteiger partial charge in [-0.25, -0.2) is 0 Å². The molecule has 5 nitrogen and oxygen atoms in total. The van der Waals surface area contributed by atoms with E-state index < -0.39 is 4.92 Å². The van der Waals surface area contributed by atoms with Crippen molar-refractivity contribution in [3.63, 3.8) is 0 Å². The van der Waals surface area contributed by atoms with Crippen molar-refractivity contribution in [2.75, 3.05) is 11.9 Å². The molecule has 0 amide bonds. The minimum absolute atomic E-state index is 0.0260. The lowest BCUT2D eigenvalue weighted by molar-refractivity contribution is -0.385. The molecular formula is C16H24N2O3. The molecule has 1 N–H and O–H groups in total. The normalized spacial score (nSPS) is 21.8. The van der Waals surface area contributed by atoms with Gasteiger partial charge in [-0.15, -0.1) is 0 Å². The predicted octanol–water partition coefficient (Wildman–Crippen LogP) is 4.37. The number of rotatable bonds is 6. The van der Waals surface area contributed by atoms with Crippen molar-refractivity contribution in [1.29, 1.82) is 0 Å². The summed E-state index contributed by atoms with van der Waals surface area (Å²) in [6.45, 7) is 4.48. The molecule has 2 rings (SSSR count). The Balaban J connectivity index is 2.16. The number of nitrogens with one attached hydrogen (secondary N) is 1. The van der Waals surface area contributed by atoms with Crippen molar-refractivity contribution in [1.82, 2.24) is 0 Å². The highest BCUT2D eigenvalue weighted by Crippen LogP contribution is 2.33. The lowest BCUT2D eigenvalue weighted by Gasteiger charge is -2.32.